The van der Waals surface area contributed by atoms with Gasteiger partial charge in [-0.25, -0.2) is 0 Å². The Kier molecular flexibility index (Phi) is 7.10. The molecule has 0 bridgehead atoms. The lowest BCUT2D eigenvalue weighted by Crippen LogP contribution is -2.33. The third-order valence-electron chi connectivity index (χ3n) is 4.96. The molecule has 0 N–H and O–H groups in total. The monoisotopic (exact) mass is 398 g/mol. The molecule has 2 aromatic rings. The predicted molar refractivity (Wildman–Crippen MR) is 109 cm³/mol. The van der Waals surface area contributed by atoms with E-state index in [1.54, 1.807) is 4.90 Å². The van der Waals surface area contributed by atoms with Crippen molar-refractivity contribution in [2.24, 2.45) is 0 Å². The highest BCUT2D eigenvalue weighted by Gasteiger charge is 2.22. The SMILES string of the molecule is Cc1cc(C)cc(N(CCC#N)C(=O)CSc2nnc(C3CCCCC3)o2)c1. The van der Waals surface area contributed by atoms with Crippen molar-refractivity contribution >= 4 is 23.4 Å². The van der Waals surface area contributed by atoms with E-state index in [2.05, 4.69) is 22.3 Å². The zero-order chi connectivity index (χ0) is 19.9. The Balaban J connectivity index is 1.65. The molecule has 6 nitrogen and oxygen atoms in total. The van der Waals surface area contributed by atoms with Crippen LogP contribution in [0.3, 0.4) is 0 Å². The number of thioether (sulfide) groups is 1. The lowest BCUT2D eigenvalue weighted by atomic mass is 9.89. The van der Waals surface area contributed by atoms with Crippen LogP contribution in [0.25, 0.3) is 0 Å². The van der Waals surface area contributed by atoms with Crippen molar-refractivity contribution in [2.75, 3.05) is 17.2 Å². The number of nitriles is 1. The van der Waals surface area contributed by atoms with E-state index in [0.717, 1.165) is 29.7 Å². The van der Waals surface area contributed by atoms with Gasteiger partial charge in [-0.3, -0.25) is 4.79 Å². The molecule has 1 aliphatic carbocycles. The van der Waals surface area contributed by atoms with Crippen molar-refractivity contribution in [3.63, 3.8) is 0 Å². The van der Waals surface area contributed by atoms with Gasteiger partial charge in [-0.05, 0) is 49.9 Å². The van der Waals surface area contributed by atoms with Crippen LogP contribution in [0, 0.1) is 25.2 Å². The highest BCUT2D eigenvalue weighted by molar-refractivity contribution is 7.99. The van der Waals surface area contributed by atoms with E-state index in [4.69, 9.17) is 9.68 Å². The summed E-state index contributed by atoms with van der Waals surface area (Å²) >= 11 is 1.26. The molecule has 0 saturated heterocycles. The van der Waals surface area contributed by atoms with Gasteiger partial charge in [0.15, 0.2) is 0 Å². The van der Waals surface area contributed by atoms with Gasteiger partial charge in [0.2, 0.25) is 11.8 Å². The van der Waals surface area contributed by atoms with Gasteiger partial charge in [0.05, 0.1) is 18.2 Å². The Labute approximate surface area is 170 Å². The van der Waals surface area contributed by atoms with E-state index in [9.17, 15) is 4.79 Å². The van der Waals surface area contributed by atoms with Gasteiger partial charge >= 0.3 is 0 Å². The molecule has 1 amide bonds. The van der Waals surface area contributed by atoms with Crippen LogP contribution in [-0.4, -0.2) is 28.4 Å². The third kappa shape index (κ3) is 5.35. The van der Waals surface area contributed by atoms with Gasteiger partial charge in [-0.1, -0.05) is 37.1 Å². The molecule has 148 valence electrons. The number of nitrogens with zero attached hydrogens (tertiary/aromatic N) is 4. The number of rotatable bonds is 7. The Bertz CT molecular complexity index is 832. The van der Waals surface area contributed by atoms with Crippen LogP contribution >= 0.6 is 11.8 Å². The van der Waals surface area contributed by atoms with E-state index in [-0.39, 0.29) is 18.1 Å². The molecule has 0 radical (unpaired) electrons. The molecule has 1 heterocycles. The second-order valence-corrected chi connectivity index (χ2v) is 8.26. The van der Waals surface area contributed by atoms with E-state index in [1.165, 1.54) is 31.0 Å². The van der Waals surface area contributed by atoms with Gasteiger partial charge in [-0.2, -0.15) is 5.26 Å². The fourth-order valence-electron chi connectivity index (χ4n) is 3.66. The van der Waals surface area contributed by atoms with Gasteiger partial charge in [0.25, 0.3) is 5.22 Å². The Morgan fingerprint density at radius 2 is 1.93 bits per heavy atom. The van der Waals surface area contributed by atoms with Crippen molar-refractivity contribution < 1.29 is 9.21 Å². The summed E-state index contributed by atoms with van der Waals surface area (Å²) in [6.45, 7) is 4.38. The lowest BCUT2D eigenvalue weighted by molar-refractivity contribution is -0.116. The summed E-state index contributed by atoms with van der Waals surface area (Å²) in [7, 11) is 0. The van der Waals surface area contributed by atoms with E-state index >= 15 is 0 Å². The Morgan fingerprint density at radius 3 is 2.61 bits per heavy atom. The number of aryl methyl sites for hydroxylation is 2. The quantitative estimate of drug-likeness (QED) is 0.625. The zero-order valence-electron chi connectivity index (χ0n) is 16.5. The summed E-state index contributed by atoms with van der Waals surface area (Å²) in [5.74, 6) is 1.19. The minimum Gasteiger partial charge on any atom is -0.416 e. The summed E-state index contributed by atoms with van der Waals surface area (Å²) in [5, 5.41) is 17.7. The molecule has 1 fully saturated rings. The van der Waals surface area contributed by atoms with Crippen molar-refractivity contribution in [1.29, 1.82) is 5.26 Å². The largest absolute Gasteiger partial charge is 0.416 e. The second-order valence-electron chi connectivity index (χ2n) is 7.33. The van der Waals surface area contributed by atoms with Crippen LogP contribution < -0.4 is 4.90 Å². The molecule has 0 atom stereocenters. The van der Waals surface area contributed by atoms with Crippen molar-refractivity contribution in [2.45, 2.75) is 63.5 Å². The fraction of sp³-hybridized carbons (Fsp3) is 0.524. The number of aromatic nitrogens is 2. The fourth-order valence-corrected chi connectivity index (χ4v) is 4.31. The topological polar surface area (TPSA) is 83.0 Å². The number of carbonyl (C=O) groups is 1. The van der Waals surface area contributed by atoms with E-state index in [1.807, 2.05) is 26.0 Å². The zero-order valence-corrected chi connectivity index (χ0v) is 17.3. The minimum atomic E-state index is -0.0670. The second kappa shape index (κ2) is 9.74. The van der Waals surface area contributed by atoms with Gasteiger partial charge in [0, 0.05) is 18.2 Å². The van der Waals surface area contributed by atoms with Crippen LogP contribution in [0.2, 0.25) is 0 Å². The first kappa shape index (κ1) is 20.4. The summed E-state index contributed by atoms with van der Waals surface area (Å²) in [5.41, 5.74) is 3.00. The van der Waals surface area contributed by atoms with E-state index < -0.39 is 0 Å². The first-order valence-corrected chi connectivity index (χ1v) is 10.8. The maximum Gasteiger partial charge on any atom is 0.277 e. The summed E-state index contributed by atoms with van der Waals surface area (Å²) < 4.78 is 5.80. The number of amides is 1. The molecule has 28 heavy (non-hydrogen) atoms. The number of benzene rings is 1. The average Bonchev–Trinajstić information content (AvgIpc) is 3.16. The highest BCUT2D eigenvalue weighted by atomic mass is 32.2. The number of hydrogen-bond acceptors (Lipinski definition) is 6. The normalized spacial score (nSPS) is 14.6. The Morgan fingerprint density at radius 1 is 1.21 bits per heavy atom. The molecule has 1 aromatic heterocycles. The number of hydrogen-bond donors (Lipinski definition) is 0. The smallest absolute Gasteiger partial charge is 0.277 e. The first-order valence-electron chi connectivity index (χ1n) is 9.78. The highest BCUT2D eigenvalue weighted by Crippen LogP contribution is 2.33. The van der Waals surface area contributed by atoms with Gasteiger partial charge < -0.3 is 9.32 Å². The molecular formula is C21H26N4O2S. The van der Waals surface area contributed by atoms with E-state index in [0.29, 0.717) is 23.6 Å². The maximum absolute atomic E-state index is 12.9. The van der Waals surface area contributed by atoms with Crippen LogP contribution in [0.15, 0.2) is 27.8 Å². The van der Waals surface area contributed by atoms with Crippen molar-refractivity contribution in [1.82, 2.24) is 10.2 Å². The standard InChI is InChI=1S/C21H26N4O2S/c1-15-11-16(2)13-18(12-15)25(10-6-9-22)19(26)14-28-21-24-23-20(27-21)17-7-4-3-5-8-17/h11-13,17H,3-8,10,14H2,1-2H3. The molecule has 7 heteroatoms. The summed E-state index contributed by atoms with van der Waals surface area (Å²) in [4.78, 5) is 14.5. The van der Waals surface area contributed by atoms with Crippen molar-refractivity contribution in [3.8, 4) is 6.07 Å². The van der Waals surface area contributed by atoms with Gasteiger partial charge in [0.1, 0.15) is 0 Å². The average molecular weight is 399 g/mol. The van der Waals surface area contributed by atoms with Crippen LogP contribution in [0.5, 0.6) is 0 Å². The molecule has 1 saturated carbocycles. The molecule has 0 unspecified atom stereocenters. The number of carbonyl (C=O) groups excluding carboxylic acids is 1. The first-order chi connectivity index (χ1) is 13.6. The molecule has 1 aromatic carbocycles. The van der Waals surface area contributed by atoms with Gasteiger partial charge in [-0.15, -0.1) is 10.2 Å². The Hall–Kier alpha value is -2.33. The van der Waals surface area contributed by atoms with Crippen LogP contribution in [0.4, 0.5) is 5.69 Å². The van der Waals surface area contributed by atoms with Crippen LogP contribution in [0.1, 0.15) is 61.5 Å². The third-order valence-corrected chi connectivity index (χ3v) is 5.77. The number of anilines is 1. The predicted octanol–water partition coefficient (Wildman–Crippen LogP) is 4.77. The molecule has 0 aliphatic heterocycles. The molecule has 1 aliphatic rings. The maximum atomic E-state index is 12.9. The molecular weight excluding hydrogens is 372 g/mol. The molecule has 0 spiro atoms. The summed E-state index contributed by atoms with van der Waals surface area (Å²) in [6.07, 6.45) is 6.17. The molecule has 3 rings (SSSR count). The van der Waals surface area contributed by atoms with Crippen molar-refractivity contribution in [3.05, 3.63) is 35.2 Å². The summed E-state index contributed by atoms with van der Waals surface area (Å²) in [6, 6.07) is 8.14. The van der Waals surface area contributed by atoms with Crippen LogP contribution in [-0.2, 0) is 4.79 Å². The lowest BCUT2D eigenvalue weighted by Gasteiger charge is -2.22. The minimum absolute atomic E-state index is 0.0670.